The molecule has 0 spiro atoms. The Hall–Kier alpha value is -1.85. The molecule has 1 aromatic rings. The van der Waals surface area contributed by atoms with Crippen molar-refractivity contribution in [2.75, 3.05) is 12.4 Å². The molecule has 0 atom stereocenters. The van der Waals surface area contributed by atoms with E-state index in [0.29, 0.717) is 11.7 Å². The number of nitro groups is 1. The lowest BCUT2D eigenvalue weighted by Crippen LogP contribution is -2.44. The van der Waals surface area contributed by atoms with E-state index in [0.717, 1.165) is 25.7 Å². The first-order valence-electron chi connectivity index (χ1n) is 6.08. The average Bonchev–Trinajstić information content (AvgIpc) is 2.33. The van der Waals surface area contributed by atoms with Crippen LogP contribution in [0.1, 0.15) is 32.6 Å². The summed E-state index contributed by atoms with van der Waals surface area (Å²) in [5.41, 5.74) is -0.0417. The van der Waals surface area contributed by atoms with E-state index in [1.54, 1.807) is 0 Å². The molecule has 1 aliphatic carbocycles. The van der Waals surface area contributed by atoms with Crippen molar-refractivity contribution in [1.82, 2.24) is 4.98 Å². The van der Waals surface area contributed by atoms with E-state index < -0.39 is 4.92 Å². The molecule has 1 heterocycles. The quantitative estimate of drug-likeness (QED) is 0.643. The second-order valence-electron chi connectivity index (χ2n) is 4.59. The van der Waals surface area contributed by atoms with Crippen molar-refractivity contribution in [2.45, 2.75) is 38.1 Å². The van der Waals surface area contributed by atoms with Crippen molar-refractivity contribution in [3.63, 3.8) is 0 Å². The molecule has 6 nitrogen and oxygen atoms in total. The van der Waals surface area contributed by atoms with Gasteiger partial charge in [-0.1, -0.05) is 6.92 Å². The molecule has 0 unspecified atom stereocenters. The molecule has 0 bridgehead atoms. The van der Waals surface area contributed by atoms with Gasteiger partial charge in [-0.3, -0.25) is 10.1 Å². The summed E-state index contributed by atoms with van der Waals surface area (Å²) in [5, 5.41) is 14.2. The van der Waals surface area contributed by atoms with E-state index in [4.69, 9.17) is 4.74 Å². The first-order valence-corrected chi connectivity index (χ1v) is 6.08. The highest BCUT2D eigenvalue weighted by Gasteiger charge is 2.37. The molecular weight excluding hydrogens is 234 g/mol. The minimum atomic E-state index is -0.420. The Morgan fingerprint density at radius 3 is 2.72 bits per heavy atom. The van der Waals surface area contributed by atoms with E-state index in [1.165, 1.54) is 19.2 Å². The molecule has 6 heteroatoms. The first kappa shape index (κ1) is 12.6. The number of aromatic nitrogens is 1. The van der Waals surface area contributed by atoms with Crippen LogP contribution in [0.15, 0.2) is 12.1 Å². The van der Waals surface area contributed by atoms with Gasteiger partial charge < -0.3 is 10.1 Å². The molecule has 0 aliphatic heterocycles. The fourth-order valence-corrected chi connectivity index (χ4v) is 2.21. The molecule has 18 heavy (non-hydrogen) atoms. The van der Waals surface area contributed by atoms with Gasteiger partial charge in [0, 0.05) is 17.7 Å². The van der Waals surface area contributed by atoms with Crippen LogP contribution in [0, 0.1) is 10.1 Å². The first-order chi connectivity index (χ1) is 8.60. The third-order valence-corrected chi connectivity index (χ3v) is 3.63. The predicted molar refractivity (Wildman–Crippen MR) is 67.9 cm³/mol. The molecule has 0 radical (unpaired) electrons. The Kier molecular flexibility index (Phi) is 3.36. The van der Waals surface area contributed by atoms with Crippen molar-refractivity contribution in [3.8, 4) is 5.88 Å². The van der Waals surface area contributed by atoms with Gasteiger partial charge >= 0.3 is 5.69 Å². The number of nitrogens with zero attached hydrogens (tertiary/aromatic N) is 2. The van der Waals surface area contributed by atoms with Gasteiger partial charge in [0.1, 0.15) is 0 Å². The van der Waals surface area contributed by atoms with Gasteiger partial charge in [-0.25, -0.2) is 0 Å². The molecule has 1 fully saturated rings. The van der Waals surface area contributed by atoms with E-state index in [9.17, 15) is 10.1 Å². The molecule has 1 aromatic heterocycles. The van der Waals surface area contributed by atoms with Crippen LogP contribution in [-0.2, 0) is 0 Å². The van der Waals surface area contributed by atoms with E-state index >= 15 is 0 Å². The van der Waals surface area contributed by atoms with Gasteiger partial charge in [-0.2, -0.15) is 4.98 Å². The maximum absolute atomic E-state index is 11.0. The summed E-state index contributed by atoms with van der Waals surface area (Å²) in [5.74, 6) is 0.689. The third-order valence-electron chi connectivity index (χ3n) is 3.63. The van der Waals surface area contributed by atoms with Crippen molar-refractivity contribution in [1.29, 1.82) is 0 Å². The number of methoxy groups -OCH3 is 1. The lowest BCUT2D eigenvalue weighted by molar-refractivity contribution is -0.384. The maximum Gasteiger partial charge on any atom is 0.311 e. The van der Waals surface area contributed by atoms with Gasteiger partial charge in [0.15, 0.2) is 0 Å². The molecule has 1 N–H and O–H groups in total. The van der Waals surface area contributed by atoms with Crippen molar-refractivity contribution < 1.29 is 9.66 Å². The second kappa shape index (κ2) is 4.80. The third kappa shape index (κ3) is 2.23. The molecule has 1 aliphatic rings. The van der Waals surface area contributed by atoms with E-state index in [2.05, 4.69) is 17.2 Å². The number of rotatable bonds is 5. The van der Waals surface area contributed by atoms with Crippen LogP contribution < -0.4 is 10.1 Å². The Morgan fingerprint density at radius 1 is 1.56 bits per heavy atom. The average molecular weight is 251 g/mol. The van der Waals surface area contributed by atoms with Crippen molar-refractivity contribution in [3.05, 3.63) is 22.2 Å². The SMILES string of the molecule is CCC1(Nc2nc(OC)ccc2[N+](=O)[O-])CCC1. The standard InChI is InChI=1S/C12H17N3O3/c1-3-12(7-4-8-12)14-11-9(15(16)17)5-6-10(13-11)18-2/h5-6H,3-4,7-8H2,1-2H3,(H,13,14). The molecule has 1 saturated carbocycles. The Morgan fingerprint density at radius 2 is 2.28 bits per heavy atom. The van der Waals surface area contributed by atoms with Crippen LogP contribution in [-0.4, -0.2) is 22.6 Å². The summed E-state index contributed by atoms with van der Waals surface area (Å²) in [7, 11) is 1.50. The molecule has 98 valence electrons. The second-order valence-corrected chi connectivity index (χ2v) is 4.59. The number of anilines is 1. The van der Waals surface area contributed by atoms with Crippen LogP contribution in [0.2, 0.25) is 0 Å². The number of hydrogen-bond acceptors (Lipinski definition) is 5. The van der Waals surface area contributed by atoms with Crippen molar-refractivity contribution >= 4 is 11.5 Å². The highest BCUT2D eigenvalue weighted by molar-refractivity contribution is 5.58. The van der Waals surface area contributed by atoms with Crippen LogP contribution in [0.25, 0.3) is 0 Å². The lowest BCUT2D eigenvalue weighted by atomic mass is 9.75. The molecular formula is C12H17N3O3. The summed E-state index contributed by atoms with van der Waals surface area (Å²) >= 11 is 0. The summed E-state index contributed by atoms with van der Waals surface area (Å²) in [6, 6.07) is 2.93. The van der Waals surface area contributed by atoms with Gasteiger partial charge in [0.25, 0.3) is 0 Å². The van der Waals surface area contributed by atoms with Crippen LogP contribution in [0.4, 0.5) is 11.5 Å². The highest BCUT2D eigenvalue weighted by atomic mass is 16.6. The van der Waals surface area contributed by atoms with Crippen LogP contribution >= 0.6 is 0 Å². The maximum atomic E-state index is 11.0. The largest absolute Gasteiger partial charge is 0.481 e. The molecule has 2 rings (SSSR count). The monoisotopic (exact) mass is 251 g/mol. The number of nitrogens with one attached hydrogen (secondary N) is 1. The zero-order valence-electron chi connectivity index (χ0n) is 10.6. The number of pyridine rings is 1. The topological polar surface area (TPSA) is 77.3 Å². The fourth-order valence-electron chi connectivity index (χ4n) is 2.21. The summed E-state index contributed by atoms with van der Waals surface area (Å²) in [6.07, 6.45) is 4.14. The zero-order chi connectivity index (χ0) is 13.2. The van der Waals surface area contributed by atoms with Crippen LogP contribution in [0.3, 0.4) is 0 Å². The molecule has 0 saturated heterocycles. The minimum absolute atomic E-state index is 0.00414. The Labute approximate surface area is 106 Å². The summed E-state index contributed by atoms with van der Waals surface area (Å²) < 4.78 is 5.02. The zero-order valence-corrected chi connectivity index (χ0v) is 10.6. The van der Waals surface area contributed by atoms with Gasteiger partial charge in [0.2, 0.25) is 11.7 Å². The Balaban J connectivity index is 2.31. The molecule has 0 amide bonds. The lowest BCUT2D eigenvalue weighted by Gasteiger charge is -2.42. The molecule has 0 aromatic carbocycles. The van der Waals surface area contributed by atoms with E-state index in [1.807, 2.05) is 0 Å². The number of hydrogen-bond donors (Lipinski definition) is 1. The smallest absolute Gasteiger partial charge is 0.311 e. The highest BCUT2D eigenvalue weighted by Crippen LogP contribution is 2.39. The predicted octanol–water partition coefficient (Wildman–Crippen LogP) is 2.74. The van der Waals surface area contributed by atoms with E-state index in [-0.39, 0.29) is 11.2 Å². The Bertz CT molecular complexity index is 452. The van der Waals surface area contributed by atoms with Gasteiger partial charge in [-0.05, 0) is 25.7 Å². The summed E-state index contributed by atoms with van der Waals surface area (Å²) in [6.45, 7) is 2.08. The van der Waals surface area contributed by atoms with Crippen LogP contribution in [0.5, 0.6) is 5.88 Å². The fraction of sp³-hybridized carbons (Fsp3) is 0.583. The normalized spacial score (nSPS) is 16.8. The summed E-state index contributed by atoms with van der Waals surface area (Å²) in [4.78, 5) is 14.7. The minimum Gasteiger partial charge on any atom is -0.481 e. The number of ether oxygens (including phenoxy) is 1. The van der Waals surface area contributed by atoms with Crippen molar-refractivity contribution in [2.24, 2.45) is 0 Å². The van der Waals surface area contributed by atoms with Gasteiger partial charge in [-0.15, -0.1) is 0 Å². The van der Waals surface area contributed by atoms with Gasteiger partial charge in [0.05, 0.1) is 12.0 Å².